The van der Waals surface area contributed by atoms with E-state index in [0.29, 0.717) is 5.69 Å². The number of carbonyl (C=O) groups is 1. The SMILES string of the molecule is CCCc1ccc(OCCNC(=O)CN(c2ccc(C)cc2C)S(=O)(=O)c2ccccc2)cc1. The molecule has 1 N–H and O–H groups in total. The zero-order valence-electron chi connectivity index (χ0n) is 20.0. The Morgan fingerprint density at radius 2 is 1.68 bits per heavy atom. The van der Waals surface area contributed by atoms with Gasteiger partial charge >= 0.3 is 0 Å². The lowest BCUT2D eigenvalue weighted by Gasteiger charge is -2.26. The quantitative estimate of drug-likeness (QED) is 0.406. The fourth-order valence-corrected chi connectivity index (χ4v) is 5.20. The first kappa shape index (κ1) is 25.3. The second kappa shape index (κ2) is 11.7. The van der Waals surface area contributed by atoms with E-state index < -0.39 is 15.9 Å². The molecule has 0 radical (unpaired) electrons. The second-order valence-corrected chi connectivity index (χ2v) is 10.1. The van der Waals surface area contributed by atoms with Crippen LogP contribution in [0.4, 0.5) is 5.69 Å². The van der Waals surface area contributed by atoms with E-state index in [-0.39, 0.29) is 24.6 Å². The van der Waals surface area contributed by atoms with E-state index in [2.05, 4.69) is 12.2 Å². The van der Waals surface area contributed by atoms with Gasteiger partial charge in [-0.05, 0) is 61.7 Å². The number of nitrogens with zero attached hydrogens (tertiary/aromatic N) is 1. The van der Waals surface area contributed by atoms with E-state index in [4.69, 9.17) is 4.74 Å². The maximum Gasteiger partial charge on any atom is 0.264 e. The lowest BCUT2D eigenvalue weighted by Crippen LogP contribution is -2.42. The van der Waals surface area contributed by atoms with Gasteiger partial charge < -0.3 is 10.1 Å². The molecular weight excluding hydrogens is 448 g/mol. The molecule has 3 rings (SSSR count). The number of anilines is 1. The number of aryl methyl sites for hydroxylation is 3. The Labute approximate surface area is 202 Å². The Morgan fingerprint density at radius 1 is 0.971 bits per heavy atom. The summed E-state index contributed by atoms with van der Waals surface area (Å²) in [6, 6.07) is 21.5. The molecule has 3 aromatic carbocycles. The Morgan fingerprint density at radius 3 is 2.32 bits per heavy atom. The van der Waals surface area contributed by atoms with Gasteiger partial charge in [-0.2, -0.15) is 0 Å². The number of sulfonamides is 1. The van der Waals surface area contributed by atoms with Crippen LogP contribution in [-0.2, 0) is 21.2 Å². The molecule has 0 spiro atoms. The van der Waals surface area contributed by atoms with Gasteiger partial charge in [0.2, 0.25) is 5.91 Å². The van der Waals surface area contributed by atoms with E-state index in [0.717, 1.165) is 29.7 Å². The normalized spacial score (nSPS) is 11.1. The average Bonchev–Trinajstić information content (AvgIpc) is 2.82. The number of amides is 1. The van der Waals surface area contributed by atoms with Crippen LogP contribution in [0.3, 0.4) is 0 Å². The molecule has 0 aliphatic heterocycles. The molecule has 0 saturated carbocycles. The highest BCUT2D eigenvalue weighted by atomic mass is 32.2. The molecule has 0 atom stereocenters. The van der Waals surface area contributed by atoms with Crippen LogP contribution in [0.2, 0.25) is 0 Å². The third kappa shape index (κ3) is 6.60. The van der Waals surface area contributed by atoms with Gasteiger partial charge in [-0.1, -0.05) is 61.4 Å². The third-order valence-corrected chi connectivity index (χ3v) is 7.17. The van der Waals surface area contributed by atoms with Crippen molar-refractivity contribution in [1.29, 1.82) is 0 Å². The minimum absolute atomic E-state index is 0.137. The van der Waals surface area contributed by atoms with Crippen LogP contribution in [0, 0.1) is 13.8 Å². The van der Waals surface area contributed by atoms with Crippen molar-refractivity contribution < 1.29 is 17.9 Å². The number of ether oxygens (including phenoxy) is 1. The Kier molecular flexibility index (Phi) is 8.71. The van der Waals surface area contributed by atoms with Crippen molar-refractivity contribution in [2.24, 2.45) is 0 Å². The third-order valence-electron chi connectivity index (χ3n) is 5.39. The lowest BCUT2D eigenvalue weighted by atomic mass is 10.1. The van der Waals surface area contributed by atoms with Crippen molar-refractivity contribution >= 4 is 21.6 Å². The maximum atomic E-state index is 13.4. The van der Waals surface area contributed by atoms with Crippen LogP contribution in [0.5, 0.6) is 5.75 Å². The lowest BCUT2D eigenvalue weighted by molar-refractivity contribution is -0.119. The van der Waals surface area contributed by atoms with E-state index in [1.807, 2.05) is 50.2 Å². The summed E-state index contributed by atoms with van der Waals surface area (Å²) in [5.74, 6) is 0.332. The highest BCUT2D eigenvalue weighted by molar-refractivity contribution is 7.92. The fourth-order valence-electron chi connectivity index (χ4n) is 3.69. The number of carbonyl (C=O) groups excluding carboxylic acids is 1. The number of benzene rings is 3. The molecule has 1 amide bonds. The van der Waals surface area contributed by atoms with Crippen molar-refractivity contribution in [1.82, 2.24) is 5.32 Å². The molecule has 0 saturated heterocycles. The smallest absolute Gasteiger partial charge is 0.264 e. The van der Waals surface area contributed by atoms with Gasteiger partial charge in [0.05, 0.1) is 17.1 Å². The van der Waals surface area contributed by atoms with Crippen molar-refractivity contribution in [2.45, 2.75) is 38.5 Å². The van der Waals surface area contributed by atoms with Crippen molar-refractivity contribution in [2.75, 3.05) is 24.0 Å². The first-order valence-corrected chi connectivity index (χ1v) is 12.9. The molecule has 6 nitrogen and oxygen atoms in total. The van der Waals surface area contributed by atoms with Gasteiger partial charge in [0.1, 0.15) is 18.9 Å². The molecule has 0 unspecified atom stereocenters. The van der Waals surface area contributed by atoms with E-state index in [1.54, 1.807) is 24.3 Å². The van der Waals surface area contributed by atoms with Gasteiger partial charge in [-0.25, -0.2) is 8.42 Å². The van der Waals surface area contributed by atoms with Crippen molar-refractivity contribution in [3.05, 3.63) is 89.5 Å². The average molecular weight is 481 g/mol. The molecule has 0 fully saturated rings. The molecule has 7 heteroatoms. The highest BCUT2D eigenvalue weighted by Gasteiger charge is 2.28. The summed E-state index contributed by atoms with van der Waals surface area (Å²) in [5.41, 5.74) is 3.53. The molecule has 3 aromatic rings. The predicted molar refractivity (Wildman–Crippen MR) is 136 cm³/mol. The van der Waals surface area contributed by atoms with Crippen LogP contribution < -0.4 is 14.4 Å². The second-order valence-electron chi connectivity index (χ2n) is 8.21. The van der Waals surface area contributed by atoms with Crippen LogP contribution >= 0.6 is 0 Å². The summed E-state index contributed by atoms with van der Waals surface area (Å²) >= 11 is 0. The Bertz CT molecular complexity index is 1190. The zero-order chi connectivity index (χ0) is 24.6. The standard InChI is InChI=1S/C27H32N2O4S/c1-4-8-23-12-14-24(15-13-23)33-18-17-28-27(30)20-29(26-16-11-21(2)19-22(26)3)34(31,32)25-9-6-5-7-10-25/h5-7,9-16,19H,4,8,17-18,20H2,1-3H3,(H,28,30). The minimum Gasteiger partial charge on any atom is -0.492 e. The summed E-state index contributed by atoms with van der Waals surface area (Å²) in [6.07, 6.45) is 2.12. The Balaban J connectivity index is 1.67. The minimum atomic E-state index is -3.93. The number of nitrogens with one attached hydrogen (secondary N) is 1. The van der Waals surface area contributed by atoms with Crippen LogP contribution in [0.15, 0.2) is 77.7 Å². The summed E-state index contributed by atoms with van der Waals surface area (Å²) in [4.78, 5) is 12.9. The molecule has 0 aromatic heterocycles. The van der Waals surface area contributed by atoms with Gasteiger partial charge in [-0.15, -0.1) is 0 Å². The van der Waals surface area contributed by atoms with E-state index in [9.17, 15) is 13.2 Å². The topological polar surface area (TPSA) is 75.7 Å². The summed E-state index contributed by atoms with van der Waals surface area (Å²) in [5, 5.41) is 2.77. The maximum absolute atomic E-state index is 13.4. The first-order valence-electron chi connectivity index (χ1n) is 11.4. The number of hydrogen-bond acceptors (Lipinski definition) is 4. The predicted octanol–water partition coefficient (Wildman–Crippen LogP) is 4.65. The van der Waals surface area contributed by atoms with Gasteiger partial charge in [0.25, 0.3) is 10.0 Å². The molecular formula is C27H32N2O4S. The van der Waals surface area contributed by atoms with E-state index >= 15 is 0 Å². The molecule has 0 bridgehead atoms. The largest absolute Gasteiger partial charge is 0.492 e. The van der Waals surface area contributed by atoms with Gasteiger partial charge in [0, 0.05) is 0 Å². The van der Waals surface area contributed by atoms with Crippen LogP contribution in [0.1, 0.15) is 30.0 Å². The Hall–Kier alpha value is -3.32. The van der Waals surface area contributed by atoms with Crippen LogP contribution in [-0.4, -0.2) is 34.0 Å². The van der Waals surface area contributed by atoms with Crippen molar-refractivity contribution in [3.8, 4) is 5.75 Å². The van der Waals surface area contributed by atoms with Crippen LogP contribution in [0.25, 0.3) is 0 Å². The summed E-state index contributed by atoms with van der Waals surface area (Å²) < 4.78 is 33.7. The van der Waals surface area contributed by atoms with E-state index in [1.165, 1.54) is 22.0 Å². The summed E-state index contributed by atoms with van der Waals surface area (Å²) in [7, 11) is -3.93. The fraction of sp³-hybridized carbons (Fsp3) is 0.296. The number of hydrogen-bond donors (Lipinski definition) is 1. The molecule has 34 heavy (non-hydrogen) atoms. The molecule has 0 aliphatic rings. The molecule has 0 aliphatic carbocycles. The molecule has 180 valence electrons. The monoisotopic (exact) mass is 480 g/mol. The summed E-state index contributed by atoms with van der Waals surface area (Å²) in [6.45, 7) is 6.14. The first-order chi connectivity index (χ1) is 16.3. The highest BCUT2D eigenvalue weighted by Crippen LogP contribution is 2.27. The van der Waals surface area contributed by atoms with Gasteiger partial charge in [-0.3, -0.25) is 9.10 Å². The van der Waals surface area contributed by atoms with Gasteiger partial charge in [0.15, 0.2) is 0 Å². The zero-order valence-corrected chi connectivity index (χ0v) is 20.8. The number of rotatable bonds is 11. The molecule has 0 heterocycles. The van der Waals surface area contributed by atoms with Crippen molar-refractivity contribution in [3.63, 3.8) is 0 Å².